The average Bonchev–Trinajstić information content (AvgIpc) is 2.30. The van der Waals surface area contributed by atoms with Crippen molar-refractivity contribution in [1.29, 1.82) is 0 Å². The number of benzene rings is 2. The molecule has 0 aliphatic carbocycles. The minimum atomic E-state index is 0.800. The van der Waals surface area contributed by atoms with Crippen LogP contribution in [0.1, 0.15) is 11.1 Å². The molecular formula is C14H15BrN2. The van der Waals surface area contributed by atoms with Gasteiger partial charge in [-0.1, -0.05) is 28.1 Å². The zero-order chi connectivity index (χ0) is 12.3. The van der Waals surface area contributed by atoms with Gasteiger partial charge in [0, 0.05) is 22.4 Å². The van der Waals surface area contributed by atoms with Crippen LogP contribution in [-0.2, 0) is 6.54 Å². The lowest BCUT2D eigenvalue weighted by atomic mass is 10.1. The minimum Gasteiger partial charge on any atom is -0.399 e. The van der Waals surface area contributed by atoms with Crippen molar-refractivity contribution in [3.63, 3.8) is 0 Å². The summed E-state index contributed by atoms with van der Waals surface area (Å²) in [5.41, 5.74) is 10.1. The Kier molecular flexibility index (Phi) is 3.69. The summed E-state index contributed by atoms with van der Waals surface area (Å²) >= 11 is 3.46. The molecule has 3 N–H and O–H groups in total. The Morgan fingerprint density at radius 2 is 1.82 bits per heavy atom. The fraction of sp³-hybridized carbons (Fsp3) is 0.143. The summed E-state index contributed by atoms with van der Waals surface area (Å²) in [5.74, 6) is 0. The molecule has 0 bridgehead atoms. The predicted molar refractivity (Wildman–Crippen MR) is 77.1 cm³/mol. The Morgan fingerprint density at radius 3 is 2.47 bits per heavy atom. The third kappa shape index (κ3) is 3.24. The lowest BCUT2D eigenvalue weighted by molar-refractivity contribution is 1.14. The van der Waals surface area contributed by atoms with Crippen LogP contribution in [-0.4, -0.2) is 0 Å². The number of nitrogens with two attached hydrogens (primary N) is 1. The molecule has 0 saturated carbocycles. The van der Waals surface area contributed by atoms with Gasteiger partial charge in [-0.15, -0.1) is 0 Å². The summed E-state index contributed by atoms with van der Waals surface area (Å²) in [5, 5.41) is 3.41. The molecule has 2 aromatic rings. The first-order valence-electron chi connectivity index (χ1n) is 5.49. The van der Waals surface area contributed by atoms with Gasteiger partial charge < -0.3 is 11.1 Å². The van der Waals surface area contributed by atoms with Crippen molar-refractivity contribution in [3.8, 4) is 0 Å². The van der Waals surface area contributed by atoms with E-state index in [1.165, 1.54) is 11.1 Å². The van der Waals surface area contributed by atoms with Gasteiger partial charge in [0.15, 0.2) is 0 Å². The third-order valence-electron chi connectivity index (χ3n) is 2.65. The van der Waals surface area contributed by atoms with E-state index in [0.717, 1.165) is 22.4 Å². The van der Waals surface area contributed by atoms with Gasteiger partial charge in [-0.3, -0.25) is 0 Å². The number of rotatable bonds is 3. The fourth-order valence-electron chi connectivity index (χ4n) is 1.66. The molecule has 0 saturated heterocycles. The molecule has 0 unspecified atom stereocenters. The molecule has 0 radical (unpaired) electrons. The van der Waals surface area contributed by atoms with E-state index in [1.54, 1.807) is 0 Å². The van der Waals surface area contributed by atoms with Gasteiger partial charge in [-0.2, -0.15) is 0 Å². The highest BCUT2D eigenvalue weighted by Gasteiger charge is 1.98. The molecule has 0 heterocycles. The third-order valence-corrected chi connectivity index (χ3v) is 3.14. The largest absolute Gasteiger partial charge is 0.399 e. The van der Waals surface area contributed by atoms with Crippen LogP contribution in [0.25, 0.3) is 0 Å². The van der Waals surface area contributed by atoms with Gasteiger partial charge in [0.1, 0.15) is 0 Å². The van der Waals surface area contributed by atoms with Gasteiger partial charge in [0.05, 0.1) is 0 Å². The summed E-state index contributed by atoms with van der Waals surface area (Å²) in [7, 11) is 0. The summed E-state index contributed by atoms with van der Waals surface area (Å²) in [6.45, 7) is 2.90. The number of aryl methyl sites for hydroxylation is 1. The van der Waals surface area contributed by atoms with Crippen molar-refractivity contribution in [1.82, 2.24) is 0 Å². The van der Waals surface area contributed by atoms with Gasteiger partial charge in [0.2, 0.25) is 0 Å². The van der Waals surface area contributed by atoms with E-state index in [1.807, 2.05) is 30.3 Å². The van der Waals surface area contributed by atoms with Crippen LogP contribution in [0.5, 0.6) is 0 Å². The van der Waals surface area contributed by atoms with E-state index in [9.17, 15) is 0 Å². The Hall–Kier alpha value is -1.48. The maximum absolute atomic E-state index is 5.65. The quantitative estimate of drug-likeness (QED) is 0.840. The van der Waals surface area contributed by atoms with Crippen molar-refractivity contribution >= 4 is 27.3 Å². The monoisotopic (exact) mass is 290 g/mol. The number of halogens is 1. The Balaban J connectivity index is 2.04. The molecule has 0 atom stereocenters. The molecule has 0 spiro atoms. The first-order valence-corrected chi connectivity index (χ1v) is 6.29. The lowest BCUT2D eigenvalue weighted by Gasteiger charge is -2.10. The first kappa shape index (κ1) is 12.0. The first-order chi connectivity index (χ1) is 8.15. The Bertz CT molecular complexity index is 506. The topological polar surface area (TPSA) is 38.0 Å². The molecule has 2 rings (SSSR count). The molecular weight excluding hydrogens is 276 g/mol. The highest BCUT2D eigenvalue weighted by Crippen LogP contribution is 2.20. The molecule has 2 aromatic carbocycles. The molecule has 88 valence electrons. The van der Waals surface area contributed by atoms with Crippen LogP contribution in [0, 0.1) is 6.92 Å². The van der Waals surface area contributed by atoms with Crippen molar-refractivity contribution in [2.45, 2.75) is 13.5 Å². The number of nitrogen functional groups attached to an aromatic ring is 1. The molecule has 3 heteroatoms. The summed E-state index contributed by atoms with van der Waals surface area (Å²) in [6.07, 6.45) is 0. The number of nitrogens with one attached hydrogen (secondary N) is 1. The van der Waals surface area contributed by atoms with Crippen molar-refractivity contribution in [2.24, 2.45) is 0 Å². The van der Waals surface area contributed by atoms with Crippen molar-refractivity contribution in [2.75, 3.05) is 11.1 Å². The smallest absolute Gasteiger partial charge is 0.0400 e. The Morgan fingerprint density at radius 1 is 1.12 bits per heavy atom. The lowest BCUT2D eigenvalue weighted by Crippen LogP contribution is -2.01. The van der Waals surface area contributed by atoms with Crippen LogP contribution < -0.4 is 11.1 Å². The van der Waals surface area contributed by atoms with Crippen LogP contribution in [0.3, 0.4) is 0 Å². The highest BCUT2D eigenvalue weighted by molar-refractivity contribution is 9.10. The van der Waals surface area contributed by atoms with E-state index in [4.69, 9.17) is 5.73 Å². The number of anilines is 2. The fourth-order valence-corrected chi connectivity index (χ4v) is 2.13. The zero-order valence-corrected chi connectivity index (χ0v) is 11.3. The van der Waals surface area contributed by atoms with Crippen LogP contribution in [0.4, 0.5) is 11.4 Å². The standard InChI is InChI=1S/C14H15BrN2/c1-10-8-12(15)4-7-14(10)17-9-11-2-5-13(16)6-3-11/h2-8,17H,9,16H2,1H3. The van der Waals surface area contributed by atoms with E-state index in [2.05, 4.69) is 40.3 Å². The van der Waals surface area contributed by atoms with Gasteiger partial charge in [-0.25, -0.2) is 0 Å². The number of hydrogen-bond donors (Lipinski definition) is 2. The molecule has 17 heavy (non-hydrogen) atoms. The molecule has 0 fully saturated rings. The molecule has 0 aromatic heterocycles. The zero-order valence-electron chi connectivity index (χ0n) is 9.70. The summed E-state index contributed by atoms with van der Waals surface area (Å²) in [4.78, 5) is 0. The maximum Gasteiger partial charge on any atom is 0.0400 e. The van der Waals surface area contributed by atoms with E-state index in [-0.39, 0.29) is 0 Å². The van der Waals surface area contributed by atoms with Crippen molar-refractivity contribution < 1.29 is 0 Å². The average molecular weight is 291 g/mol. The molecule has 0 aliphatic rings. The van der Waals surface area contributed by atoms with Crippen LogP contribution in [0.2, 0.25) is 0 Å². The number of hydrogen-bond acceptors (Lipinski definition) is 2. The molecule has 0 amide bonds. The SMILES string of the molecule is Cc1cc(Br)ccc1NCc1ccc(N)cc1. The van der Waals surface area contributed by atoms with Crippen LogP contribution in [0.15, 0.2) is 46.9 Å². The molecule has 2 nitrogen and oxygen atoms in total. The second-order valence-electron chi connectivity index (χ2n) is 4.05. The van der Waals surface area contributed by atoms with Gasteiger partial charge >= 0.3 is 0 Å². The normalized spacial score (nSPS) is 10.2. The molecule has 0 aliphatic heterocycles. The Labute approximate surface area is 110 Å². The van der Waals surface area contributed by atoms with E-state index in [0.29, 0.717) is 0 Å². The minimum absolute atomic E-state index is 0.800. The van der Waals surface area contributed by atoms with E-state index < -0.39 is 0 Å². The van der Waals surface area contributed by atoms with Crippen molar-refractivity contribution in [3.05, 3.63) is 58.1 Å². The van der Waals surface area contributed by atoms with Gasteiger partial charge in [-0.05, 0) is 48.4 Å². The summed E-state index contributed by atoms with van der Waals surface area (Å²) in [6, 6.07) is 14.1. The highest BCUT2D eigenvalue weighted by atomic mass is 79.9. The second-order valence-corrected chi connectivity index (χ2v) is 4.97. The second kappa shape index (κ2) is 5.23. The predicted octanol–water partition coefficient (Wildman–Crippen LogP) is 3.95. The van der Waals surface area contributed by atoms with Gasteiger partial charge in [0.25, 0.3) is 0 Å². The van der Waals surface area contributed by atoms with E-state index >= 15 is 0 Å². The maximum atomic E-state index is 5.65. The van der Waals surface area contributed by atoms with Crippen LogP contribution >= 0.6 is 15.9 Å². The summed E-state index contributed by atoms with van der Waals surface area (Å²) < 4.78 is 1.10.